The van der Waals surface area contributed by atoms with Gasteiger partial charge in [-0.05, 0) is 34.6 Å². The minimum absolute atomic E-state index is 0.0688. The van der Waals surface area contributed by atoms with Crippen molar-refractivity contribution in [2.45, 2.75) is 52.0 Å². The van der Waals surface area contributed by atoms with Crippen molar-refractivity contribution in [1.29, 1.82) is 0 Å². The van der Waals surface area contributed by atoms with E-state index in [-0.39, 0.29) is 17.7 Å². The highest BCUT2D eigenvalue weighted by molar-refractivity contribution is 5.74. The Hall–Kier alpha value is -0.810. The summed E-state index contributed by atoms with van der Waals surface area (Å²) in [6.45, 7) is 10.5. The van der Waals surface area contributed by atoms with Crippen LogP contribution < -0.4 is 10.6 Å². The second-order valence-electron chi connectivity index (χ2n) is 5.54. The molecule has 0 aromatic heterocycles. The first-order valence-corrected chi connectivity index (χ1v) is 5.56. The molecule has 0 aromatic carbocycles. The molecule has 1 saturated heterocycles. The minimum atomic E-state index is -0.535. The van der Waals surface area contributed by atoms with E-state index >= 15 is 0 Å². The molecule has 2 N–H and O–H groups in total. The Bertz CT molecular complexity index is 258. The zero-order valence-corrected chi connectivity index (χ0v) is 10.7. The predicted molar refractivity (Wildman–Crippen MR) is 61.2 cm³/mol. The molecule has 5 nitrogen and oxygen atoms in total. The van der Waals surface area contributed by atoms with Crippen LogP contribution in [-0.2, 0) is 9.47 Å². The standard InChI is InChI=1S/C11H22N2O3/c1-10(2,3)13-9(14)12-6-8-7-15-11(4,5)16-8/h8H,6-7H2,1-5H3,(H2,12,13,14). The van der Waals surface area contributed by atoms with Gasteiger partial charge in [-0.15, -0.1) is 0 Å². The number of carbonyl (C=O) groups is 1. The van der Waals surface area contributed by atoms with Gasteiger partial charge in [0.2, 0.25) is 0 Å². The van der Waals surface area contributed by atoms with Crippen LogP contribution in [0.2, 0.25) is 0 Å². The summed E-state index contributed by atoms with van der Waals surface area (Å²) in [5.41, 5.74) is -0.226. The van der Waals surface area contributed by atoms with Gasteiger partial charge < -0.3 is 20.1 Å². The molecule has 0 saturated carbocycles. The summed E-state index contributed by atoms with van der Waals surface area (Å²) in [5.74, 6) is -0.535. The number of rotatable bonds is 2. The van der Waals surface area contributed by atoms with Crippen LogP contribution in [0, 0.1) is 0 Å². The Balaban J connectivity index is 2.23. The summed E-state index contributed by atoms with van der Waals surface area (Å²) in [4.78, 5) is 11.5. The monoisotopic (exact) mass is 230 g/mol. The normalized spacial score (nSPS) is 24.2. The highest BCUT2D eigenvalue weighted by Crippen LogP contribution is 2.21. The van der Waals surface area contributed by atoms with Crippen LogP contribution in [0.15, 0.2) is 0 Å². The predicted octanol–water partition coefficient (Wildman–Crippen LogP) is 1.24. The first-order valence-electron chi connectivity index (χ1n) is 5.56. The van der Waals surface area contributed by atoms with Crippen molar-refractivity contribution < 1.29 is 14.3 Å². The highest BCUT2D eigenvalue weighted by atomic mass is 16.7. The van der Waals surface area contributed by atoms with E-state index in [1.807, 2.05) is 34.6 Å². The number of amides is 2. The van der Waals surface area contributed by atoms with Gasteiger partial charge in [-0.25, -0.2) is 4.79 Å². The summed E-state index contributed by atoms with van der Waals surface area (Å²) >= 11 is 0. The van der Waals surface area contributed by atoms with Crippen LogP contribution in [0.3, 0.4) is 0 Å². The van der Waals surface area contributed by atoms with E-state index in [4.69, 9.17) is 9.47 Å². The van der Waals surface area contributed by atoms with Crippen molar-refractivity contribution in [3.05, 3.63) is 0 Å². The fourth-order valence-corrected chi connectivity index (χ4v) is 1.45. The zero-order valence-electron chi connectivity index (χ0n) is 10.7. The molecular formula is C11H22N2O3. The molecule has 94 valence electrons. The van der Waals surface area contributed by atoms with Crippen LogP contribution >= 0.6 is 0 Å². The fourth-order valence-electron chi connectivity index (χ4n) is 1.45. The molecule has 1 heterocycles. The van der Waals surface area contributed by atoms with E-state index in [1.54, 1.807) is 0 Å². The van der Waals surface area contributed by atoms with Crippen molar-refractivity contribution in [2.75, 3.05) is 13.2 Å². The number of hydrogen-bond donors (Lipinski definition) is 2. The third-order valence-electron chi connectivity index (χ3n) is 2.05. The topological polar surface area (TPSA) is 59.6 Å². The maximum absolute atomic E-state index is 11.5. The number of ether oxygens (including phenoxy) is 2. The van der Waals surface area contributed by atoms with Crippen molar-refractivity contribution in [3.8, 4) is 0 Å². The molecule has 1 aliphatic heterocycles. The SMILES string of the molecule is CC(C)(C)NC(=O)NCC1COC(C)(C)O1. The summed E-state index contributed by atoms with van der Waals surface area (Å²) in [5, 5.41) is 5.58. The molecular weight excluding hydrogens is 208 g/mol. The average molecular weight is 230 g/mol. The number of urea groups is 1. The number of hydrogen-bond acceptors (Lipinski definition) is 3. The maximum atomic E-state index is 11.5. The Morgan fingerprint density at radius 3 is 2.50 bits per heavy atom. The molecule has 5 heteroatoms. The lowest BCUT2D eigenvalue weighted by molar-refractivity contribution is -0.137. The molecule has 0 bridgehead atoms. The van der Waals surface area contributed by atoms with Crippen molar-refractivity contribution in [2.24, 2.45) is 0 Å². The number of carbonyl (C=O) groups excluding carboxylic acids is 1. The molecule has 0 spiro atoms. The van der Waals surface area contributed by atoms with Crippen molar-refractivity contribution in [3.63, 3.8) is 0 Å². The Labute approximate surface area is 96.9 Å². The third kappa shape index (κ3) is 4.81. The summed E-state index contributed by atoms with van der Waals surface area (Å²) in [7, 11) is 0. The van der Waals surface area contributed by atoms with E-state index in [2.05, 4.69) is 10.6 Å². The molecule has 16 heavy (non-hydrogen) atoms. The van der Waals surface area contributed by atoms with Gasteiger partial charge in [0, 0.05) is 12.1 Å². The van der Waals surface area contributed by atoms with Crippen LogP contribution in [0.25, 0.3) is 0 Å². The van der Waals surface area contributed by atoms with Crippen LogP contribution in [0.4, 0.5) is 4.79 Å². The van der Waals surface area contributed by atoms with E-state index in [9.17, 15) is 4.79 Å². The van der Waals surface area contributed by atoms with Crippen LogP contribution in [-0.4, -0.2) is 36.6 Å². The van der Waals surface area contributed by atoms with Crippen molar-refractivity contribution in [1.82, 2.24) is 10.6 Å². The largest absolute Gasteiger partial charge is 0.348 e. The Kier molecular flexibility index (Phi) is 3.80. The summed E-state index contributed by atoms with van der Waals surface area (Å²) in [6, 6.07) is -0.180. The highest BCUT2D eigenvalue weighted by Gasteiger charge is 2.32. The summed E-state index contributed by atoms with van der Waals surface area (Å²) in [6.07, 6.45) is -0.0688. The van der Waals surface area contributed by atoms with E-state index in [0.717, 1.165) is 0 Å². The maximum Gasteiger partial charge on any atom is 0.315 e. The van der Waals surface area contributed by atoms with Gasteiger partial charge in [-0.1, -0.05) is 0 Å². The average Bonchev–Trinajstić information content (AvgIpc) is 2.39. The molecule has 1 atom stereocenters. The van der Waals surface area contributed by atoms with E-state index in [0.29, 0.717) is 13.2 Å². The van der Waals surface area contributed by atoms with Crippen molar-refractivity contribution >= 4 is 6.03 Å². The second kappa shape index (κ2) is 4.59. The van der Waals surface area contributed by atoms with Gasteiger partial charge in [0.1, 0.15) is 6.10 Å². The molecule has 1 rings (SSSR count). The molecule has 1 unspecified atom stereocenters. The first-order chi connectivity index (χ1) is 7.18. The molecule has 0 aromatic rings. The van der Waals surface area contributed by atoms with Crippen LogP contribution in [0.1, 0.15) is 34.6 Å². The van der Waals surface area contributed by atoms with Gasteiger partial charge >= 0.3 is 6.03 Å². The van der Waals surface area contributed by atoms with E-state index in [1.165, 1.54) is 0 Å². The second-order valence-corrected chi connectivity index (χ2v) is 5.54. The molecule has 0 radical (unpaired) electrons. The molecule has 1 fully saturated rings. The van der Waals surface area contributed by atoms with Gasteiger partial charge in [-0.2, -0.15) is 0 Å². The molecule has 0 aliphatic carbocycles. The van der Waals surface area contributed by atoms with Gasteiger partial charge in [0.15, 0.2) is 5.79 Å². The third-order valence-corrected chi connectivity index (χ3v) is 2.05. The first kappa shape index (κ1) is 13.3. The lowest BCUT2D eigenvalue weighted by atomic mass is 10.1. The molecule has 1 aliphatic rings. The van der Waals surface area contributed by atoms with Gasteiger partial charge in [-0.3, -0.25) is 0 Å². The zero-order chi connectivity index (χ0) is 12.4. The smallest absolute Gasteiger partial charge is 0.315 e. The fraction of sp³-hybridized carbons (Fsp3) is 0.909. The number of nitrogens with one attached hydrogen (secondary N) is 2. The quantitative estimate of drug-likeness (QED) is 0.750. The summed E-state index contributed by atoms with van der Waals surface area (Å²) < 4.78 is 11.0. The Morgan fingerprint density at radius 2 is 2.06 bits per heavy atom. The van der Waals surface area contributed by atoms with E-state index < -0.39 is 5.79 Å². The lowest BCUT2D eigenvalue weighted by Gasteiger charge is -2.22. The van der Waals surface area contributed by atoms with Crippen LogP contribution in [0.5, 0.6) is 0 Å². The molecule has 2 amide bonds. The Morgan fingerprint density at radius 1 is 1.44 bits per heavy atom. The van der Waals surface area contributed by atoms with Gasteiger partial charge in [0.25, 0.3) is 0 Å². The van der Waals surface area contributed by atoms with Gasteiger partial charge in [0.05, 0.1) is 6.61 Å². The minimum Gasteiger partial charge on any atom is -0.348 e. The lowest BCUT2D eigenvalue weighted by Crippen LogP contribution is -2.48.